The van der Waals surface area contributed by atoms with E-state index in [1.54, 1.807) is 0 Å². The molecule has 2 aromatic carbocycles. The van der Waals surface area contributed by atoms with Gasteiger partial charge in [-0.2, -0.15) is 0 Å². The Balaban J connectivity index is 1.94. The maximum atomic E-state index is 12.4. The molecule has 1 aliphatic carbocycles. The third kappa shape index (κ3) is 2.47. The van der Waals surface area contributed by atoms with Gasteiger partial charge in [0.05, 0.1) is 16.2 Å². The zero-order chi connectivity index (χ0) is 15.8. The molecule has 3 aromatic rings. The van der Waals surface area contributed by atoms with Gasteiger partial charge < -0.3 is 4.57 Å². The number of para-hydroxylation sites is 2. The van der Waals surface area contributed by atoms with Crippen LogP contribution in [-0.2, 0) is 4.79 Å². The highest BCUT2D eigenvalue weighted by Gasteiger charge is 2.27. The van der Waals surface area contributed by atoms with Gasteiger partial charge in [0.25, 0.3) is 0 Å². The van der Waals surface area contributed by atoms with Crippen molar-refractivity contribution < 1.29 is 4.79 Å². The summed E-state index contributed by atoms with van der Waals surface area (Å²) in [7, 11) is 0. The minimum atomic E-state index is 0.0254. The van der Waals surface area contributed by atoms with Gasteiger partial charge in [-0.3, -0.25) is 4.79 Å². The van der Waals surface area contributed by atoms with E-state index in [4.69, 9.17) is 11.6 Å². The van der Waals surface area contributed by atoms with E-state index in [2.05, 4.69) is 22.9 Å². The van der Waals surface area contributed by atoms with E-state index in [1.807, 2.05) is 36.4 Å². The van der Waals surface area contributed by atoms with Crippen LogP contribution < -0.4 is 0 Å². The number of hydrogen-bond donors (Lipinski definition) is 0. The molecule has 1 aromatic heterocycles. The average molecular weight is 324 g/mol. The monoisotopic (exact) mass is 323 g/mol. The highest BCUT2D eigenvalue weighted by atomic mass is 35.5. The van der Waals surface area contributed by atoms with E-state index in [1.165, 1.54) is 0 Å². The van der Waals surface area contributed by atoms with Gasteiger partial charge in [0.15, 0.2) is 0 Å². The summed E-state index contributed by atoms with van der Waals surface area (Å²) in [5, 5.41) is 1.88. The van der Waals surface area contributed by atoms with Crippen LogP contribution >= 0.6 is 11.6 Å². The average Bonchev–Trinajstić information content (AvgIpc) is 2.95. The number of carbonyl (C=O) groups is 1. The Morgan fingerprint density at radius 1 is 1.00 bits per heavy atom. The predicted octanol–water partition coefficient (Wildman–Crippen LogP) is 5.51. The van der Waals surface area contributed by atoms with Crippen molar-refractivity contribution in [1.29, 1.82) is 0 Å². The van der Waals surface area contributed by atoms with Crippen molar-refractivity contribution in [3.8, 4) is 5.69 Å². The molecule has 0 spiro atoms. The van der Waals surface area contributed by atoms with Gasteiger partial charge in [0.1, 0.15) is 5.78 Å². The van der Waals surface area contributed by atoms with Crippen LogP contribution in [0, 0.1) is 0 Å². The van der Waals surface area contributed by atoms with Crippen molar-refractivity contribution in [2.45, 2.75) is 31.6 Å². The molecule has 1 aliphatic rings. The summed E-state index contributed by atoms with van der Waals surface area (Å²) in [6.45, 7) is 0. The summed E-state index contributed by atoms with van der Waals surface area (Å²) in [5.41, 5.74) is 3.21. The lowest BCUT2D eigenvalue weighted by Gasteiger charge is -2.20. The SMILES string of the molecule is O=C1CCCCC1c1cn(-c2ccccc2Cl)c2ccccc12. The van der Waals surface area contributed by atoms with E-state index in [-0.39, 0.29) is 5.92 Å². The molecule has 0 amide bonds. The number of nitrogens with zero attached hydrogens (tertiary/aromatic N) is 1. The van der Waals surface area contributed by atoms with Gasteiger partial charge in [-0.25, -0.2) is 0 Å². The molecular formula is C20H18ClNO. The van der Waals surface area contributed by atoms with Crippen LogP contribution in [0.1, 0.15) is 37.2 Å². The zero-order valence-electron chi connectivity index (χ0n) is 12.8. The normalized spacial score (nSPS) is 18.5. The molecule has 0 bridgehead atoms. The number of aromatic nitrogens is 1. The molecule has 1 unspecified atom stereocenters. The second-order valence-electron chi connectivity index (χ2n) is 6.19. The Labute approximate surface area is 140 Å². The van der Waals surface area contributed by atoms with Crippen LogP contribution in [0.15, 0.2) is 54.7 Å². The Morgan fingerprint density at radius 2 is 1.78 bits per heavy atom. The molecule has 1 saturated carbocycles. The number of rotatable bonds is 2. The number of hydrogen-bond acceptors (Lipinski definition) is 1. The lowest BCUT2D eigenvalue weighted by atomic mass is 9.83. The van der Waals surface area contributed by atoms with E-state index in [9.17, 15) is 4.79 Å². The first-order valence-electron chi connectivity index (χ1n) is 8.13. The largest absolute Gasteiger partial charge is 0.315 e. The Hall–Kier alpha value is -2.06. The molecule has 0 N–H and O–H groups in total. The molecule has 23 heavy (non-hydrogen) atoms. The molecule has 2 nitrogen and oxygen atoms in total. The fourth-order valence-corrected chi connectivity index (χ4v) is 3.87. The first kappa shape index (κ1) is 14.5. The summed E-state index contributed by atoms with van der Waals surface area (Å²) >= 11 is 6.40. The summed E-state index contributed by atoms with van der Waals surface area (Å²) in [4.78, 5) is 12.4. The number of halogens is 1. The molecule has 1 heterocycles. The molecule has 0 aliphatic heterocycles. The quantitative estimate of drug-likeness (QED) is 0.609. The van der Waals surface area contributed by atoms with Gasteiger partial charge in [-0.1, -0.05) is 48.4 Å². The lowest BCUT2D eigenvalue weighted by Crippen LogP contribution is -2.16. The fraction of sp³-hybridized carbons (Fsp3) is 0.250. The van der Waals surface area contributed by atoms with Gasteiger partial charge in [0.2, 0.25) is 0 Å². The molecule has 0 radical (unpaired) electrons. The van der Waals surface area contributed by atoms with Gasteiger partial charge in [-0.15, -0.1) is 0 Å². The third-order valence-corrected chi connectivity index (χ3v) is 5.10. The van der Waals surface area contributed by atoms with Crippen molar-refractivity contribution in [2.75, 3.05) is 0 Å². The standard InChI is InChI=1S/C20H18ClNO/c21-17-9-3-5-11-19(17)22-13-16(14-7-1-4-10-18(14)22)15-8-2-6-12-20(15)23/h1,3-5,7,9-11,13,15H,2,6,8,12H2. The summed E-state index contributed by atoms with van der Waals surface area (Å²) in [5.74, 6) is 0.399. The van der Waals surface area contributed by atoms with Crippen molar-refractivity contribution in [3.05, 3.63) is 65.3 Å². The molecule has 1 fully saturated rings. The van der Waals surface area contributed by atoms with Crippen molar-refractivity contribution in [1.82, 2.24) is 4.57 Å². The minimum Gasteiger partial charge on any atom is -0.315 e. The Bertz CT molecular complexity index is 880. The minimum absolute atomic E-state index is 0.0254. The van der Waals surface area contributed by atoms with Crippen molar-refractivity contribution in [2.24, 2.45) is 0 Å². The Kier molecular flexibility index (Phi) is 3.70. The third-order valence-electron chi connectivity index (χ3n) is 4.78. The maximum Gasteiger partial charge on any atom is 0.140 e. The fourth-order valence-electron chi connectivity index (χ4n) is 3.64. The summed E-state index contributed by atoms with van der Waals surface area (Å²) in [6.07, 6.45) is 5.92. The second kappa shape index (κ2) is 5.86. The van der Waals surface area contributed by atoms with Crippen LogP contribution in [0.5, 0.6) is 0 Å². The van der Waals surface area contributed by atoms with Crippen LogP contribution in [0.4, 0.5) is 0 Å². The number of benzene rings is 2. The Morgan fingerprint density at radius 3 is 2.61 bits per heavy atom. The van der Waals surface area contributed by atoms with E-state index < -0.39 is 0 Å². The first-order valence-corrected chi connectivity index (χ1v) is 8.51. The van der Waals surface area contributed by atoms with Gasteiger partial charge in [-0.05, 0) is 36.6 Å². The van der Waals surface area contributed by atoms with E-state index in [0.29, 0.717) is 12.2 Å². The van der Waals surface area contributed by atoms with Crippen LogP contribution in [0.2, 0.25) is 5.02 Å². The molecule has 4 rings (SSSR count). The number of carbonyl (C=O) groups excluding carboxylic acids is 1. The maximum absolute atomic E-state index is 12.4. The van der Waals surface area contributed by atoms with Crippen LogP contribution in [0.25, 0.3) is 16.6 Å². The van der Waals surface area contributed by atoms with Crippen molar-refractivity contribution >= 4 is 28.3 Å². The van der Waals surface area contributed by atoms with Crippen molar-refractivity contribution in [3.63, 3.8) is 0 Å². The molecule has 116 valence electrons. The van der Waals surface area contributed by atoms with E-state index in [0.717, 1.165) is 46.4 Å². The summed E-state index contributed by atoms with van der Waals surface area (Å²) < 4.78 is 2.12. The molecule has 3 heteroatoms. The van der Waals surface area contributed by atoms with Crippen LogP contribution in [-0.4, -0.2) is 10.4 Å². The summed E-state index contributed by atoms with van der Waals surface area (Å²) in [6, 6.07) is 16.1. The first-order chi connectivity index (χ1) is 11.3. The van der Waals surface area contributed by atoms with E-state index >= 15 is 0 Å². The smallest absolute Gasteiger partial charge is 0.140 e. The van der Waals surface area contributed by atoms with Gasteiger partial charge in [0, 0.05) is 23.9 Å². The highest BCUT2D eigenvalue weighted by molar-refractivity contribution is 6.32. The second-order valence-corrected chi connectivity index (χ2v) is 6.59. The zero-order valence-corrected chi connectivity index (χ0v) is 13.6. The molecule has 1 atom stereocenters. The molecular weight excluding hydrogens is 306 g/mol. The topological polar surface area (TPSA) is 22.0 Å². The predicted molar refractivity (Wildman–Crippen MR) is 94.5 cm³/mol. The van der Waals surface area contributed by atoms with Gasteiger partial charge >= 0.3 is 0 Å². The number of Topliss-reactive ketones (excluding diaryl/α,β-unsaturated/α-hetero) is 1. The molecule has 0 saturated heterocycles. The number of fused-ring (bicyclic) bond motifs is 1. The highest BCUT2D eigenvalue weighted by Crippen LogP contribution is 2.37. The lowest BCUT2D eigenvalue weighted by molar-refractivity contribution is -0.121. The van der Waals surface area contributed by atoms with Crippen LogP contribution in [0.3, 0.4) is 0 Å². The number of ketones is 1.